The quantitative estimate of drug-likeness (QED) is 0.530. The van der Waals surface area contributed by atoms with Gasteiger partial charge < -0.3 is 9.47 Å². The van der Waals surface area contributed by atoms with Crippen LogP contribution in [0.4, 0.5) is 0 Å². The molecule has 2 aromatic carbocycles. The van der Waals surface area contributed by atoms with E-state index in [2.05, 4.69) is 11.1 Å². The van der Waals surface area contributed by atoms with Crippen LogP contribution in [0.3, 0.4) is 0 Å². The van der Waals surface area contributed by atoms with Crippen molar-refractivity contribution in [3.05, 3.63) is 61.9 Å². The van der Waals surface area contributed by atoms with Gasteiger partial charge in [-0.05, 0) is 54.8 Å². The summed E-state index contributed by atoms with van der Waals surface area (Å²) in [5.41, 5.74) is 4.85. The van der Waals surface area contributed by atoms with Crippen molar-refractivity contribution in [1.29, 1.82) is 0 Å². The molecule has 1 aliphatic heterocycles. The molecule has 5 rings (SSSR count). The van der Waals surface area contributed by atoms with Crippen LogP contribution in [0, 0.1) is 13.8 Å². The Labute approximate surface area is 146 Å². The minimum absolute atomic E-state index is 0.0369. The lowest BCUT2D eigenvalue weighted by atomic mass is 10.1. The molecule has 0 amide bonds. The first-order valence-corrected chi connectivity index (χ1v) is 8.75. The number of imidazole rings is 1. The minimum Gasteiger partial charge on any atom is -0.454 e. The number of aromatic nitrogens is 2. The maximum absolute atomic E-state index is 12.9. The maximum Gasteiger partial charge on any atom is 0.274 e. The van der Waals surface area contributed by atoms with Crippen LogP contribution in [0.2, 0.25) is 0 Å². The predicted octanol–water partition coefficient (Wildman–Crippen LogP) is 2.80. The molecule has 3 heterocycles. The molecule has 0 bridgehead atoms. The van der Waals surface area contributed by atoms with Gasteiger partial charge in [-0.3, -0.25) is 4.79 Å². The van der Waals surface area contributed by atoms with Gasteiger partial charge in [-0.2, -0.15) is 0 Å². The van der Waals surface area contributed by atoms with E-state index in [1.54, 1.807) is 4.40 Å². The van der Waals surface area contributed by atoms with Crippen molar-refractivity contribution < 1.29 is 9.47 Å². The second kappa shape index (κ2) is 5.07. The van der Waals surface area contributed by atoms with Gasteiger partial charge in [0.05, 0.1) is 15.6 Å². The van der Waals surface area contributed by atoms with Crippen LogP contribution in [-0.4, -0.2) is 16.2 Å². The molecule has 0 spiro atoms. The molecule has 5 nitrogen and oxygen atoms in total. The summed E-state index contributed by atoms with van der Waals surface area (Å²) >= 11 is 1.40. The Balaban J connectivity index is 1.75. The summed E-state index contributed by atoms with van der Waals surface area (Å²) in [5, 5.41) is 0. The van der Waals surface area contributed by atoms with Gasteiger partial charge in [-0.15, -0.1) is 0 Å². The van der Waals surface area contributed by atoms with Crippen molar-refractivity contribution >= 4 is 33.4 Å². The third-order valence-electron chi connectivity index (χ3n) is 4.37. The van der Waals surface area contributed by atoms with E-state index in [0.717, 1.165) is 38.4 Å². The highest BCUT2D eigenvalue weighted by molar-refractivity contribution is 7.15. The first kappa shape index (κ1) is 14.5. The fraction of sp³-hybridized carbons (Fsp3) is 0.158. The highest BCUT2D eigenvalue weighted by Gasteiger charge is 2.15. The van der Waals surface area contributed by atoms with E-state index in [0.29, 0.717) is 10.3 Å². The van der Waals surface area contributed by atoms with Crippen molar-refractivity contribution in [2.24, 2.45) is 0 Å². The molecule has 0 fully saturated rings. The first-order chi connectivity index (χ1) is 12.1. The number of benzene rings is 2. The van der Waals surface area contributed by atoms with Gasteiger partial charge in [0.15, 0.2) is 16.5 Å². The summed E-state index contributed by atoms with van der Waals surface area (Å²) < 4.78 is 13.1. The Morgan fingerprint density at radius 3 is 2.88 bits per heavy atom. The molecule has 25 heavy (non-hydrogen) atoms. The summed E-state index contributed by atoms with van der Waals surface area (Å²) in [6.45, 7) is 4.29. The Morgan fingerprint density at radius 1 is 1.16 bits per heavy atom. The van der Waals surface area contributed by atoms with Crippen LogP contribution < -0.4 is 19.6 Å². The molecule has 4 aromatic rings. The van der Waals surface area contributed by atoms with Crippen LogP contribution >= 0.6 is 11.3 Å². The van der Waals surface area contributed by atoms with Crippen molar-refractivity contribution in [2.45, 2.75) is 13.8 Å². The molecule has 124 valence electrons. The Bertz CT molecular complexity index is 1270. The van der Waals surface area contributed by atoms with Gasteiger partial charge >= 0.3 is 0 Å². The topological polar surface area (TPSA) is 52.8 Å². The van der Waals surface area contributed by atoms with Crippen LogP contribution in [0.25, 0.3) is 22.1 Å². The number of rotatable bonds is 1. The number of nitrogens with zero attached hydrogens (tertiary/aromatic N) is 2. The third kappa shape index (κ3) is 2.14. The van der Waals surface area contributed by atoms with Gasteiger partial charge in [-0.1, -0.05) is 23.5 Å². The van der Waals surface area contributed by atoms with Crippen LogP contribution in [0.15, 0.2) is 35.1 Å². The monoisotopic (exact) mass is 350 g/mol. The van der Waals surface area contributed by atoms with E-state index >= 15 is 0 Å². The molecular formula is C19H14N2O3S. The number of ether oxygens (including phenoxy) is 2. The largest absolute Gasteiger partial charge is 0.454 e. The zero-order valence-electron chi connectivity index (χ0n) is 13.7. The number of hydrogen-bond acceptors (Lipinski definition) is 5. The van der Waals surface area contributed by atoms with E-state index in [-0.39, 0.29) is 12.4 Å². The number of hydrogen-bond donors (Lipinski definition) is 0. The average molecular weight is 350 g/mol. The Morgan fingerprint density at radius 2 is 2.00 bits per heavy atom. The molecule has 0 saturated heterocycles. The van der Waals surface area contributed by atoms with E-state index in [1.165, 1.54) is 11.3 Å². The molecule has 0 radical (unpaired) electrons. The normalized spacial score (nSPS) is 14.1. The second-order valence-electron chi connectivity index (χ2n) is 6.21. The van der Waals surface area contributed by atoms with Crippen molar-refractivity contribution in [3.8, 4) is 11.5 Å². The van der Waals surface area contributed by atoms with Gasteiger partial charge in [0.25, 0.3) is 5.56 Å². The number of aryl methyl sites for hydroxylation is 2. The van der Waals surface area contributed by atoms with E-state index in [9.17, 15) is 4.79 Å². The van der Waals surface area contributed by atoms with Gasteiger partial charge in [0.1, 0.15) is 0 Å². The van der Waals surface area contributed by atoms with Crippen LogP contribution in [0.5, 0.6) is 11.5 Å². The summed E-state index contributed by atoms with van der Waals surface area (Å²) in [7, 11) is 0. The van der Waals surface area contributed by atoms with Crippen molar-refractivity contribution in [3.63, 3.8) is 0 Å². The zero-order valence-corrected chi connectivity index (χ0v) is 14.5. The first-order valence-electron chi connectivity index (χ1n) is 7.94. The smallest absolute Gasteiger partial charge is 0.274 e. The van der Waals surface area contributed by atoms with Gasteiger partial charge in [-0.25, -0.2) is 9.38 Å². The molecule has 0 atom stereocenters. The van der Waals surface area contributed by atoms with Gasteiger partial charge in [0.2, 0.25) is 6.79 Å². The van der Waals surface area contributed by atoms with Crippen LogP contribution in [0.1, 0.15) is 16.7 Å². The summed E-state index contributed by atoms with van der Waals surface area (Å²) in [6, 6.07) is 9.77. The number of thiazole rings is 1. The second-order valence-corrected chi connectivity index (χ2v) is 7.22. The molecular weight excluding hydrogens is 336 g/mol. The molecule has 1 aliphatic rings. The minimum atomic E-state index is -0.0369. The molecule has 2 aromatic heterocycles. The SMILES string of the molecule is Cc1cc(C)c2nc3s/c(=C/c4ccc5c(c4)OCO5)c(=O)n3c2c1. The van der Waals surface area contributed by atoms with Gasteiger partial charge in [0, 0.05) is 0 Å². The van der Waals surface area contributed by atoms with E-state index in [1.807, 2.05) is 44.2 Å². The fourth-order valence-electron chi connectivity index (χ4n) is 3.26. The van der Waals surface area contributed by atoms with E-state index < -0.39 is 0 Å². The molecule has 0 unspecified atom stereocenters. The Kier molecular flexibility index (Phi) is 2.93. The molecule has 0 N–H and O–H groups in total. The molecule has 0 aliphatic carbocycles. The number of fused-ring (bicyclic) bond motifs is 4. The fourth-order valence-corrected chi connectivity index (χ4v) is 4.24. The highest BCUT2D eigenvalue weighted by atomic mass is 32.1. The predicted molar refractivity (Wildman–Crippen MR) is 97.7 cm³/mol. The molecule has 6 heteroatoms. The standard InChI is InChI=1S/C19H14N2O3S/c1-10-5-11(2)17-13(6-10)21-18(22)16(25-19(21)20-17)8-12-3-4-14-15(7-12)24-9-23-14/h3-8H,9H2,1-2H3/b16-8+. The summed E-state index contributed by atoms with van der Waals surface area (Å²) in [5.74, 6) is 1.44. The van der Waals surface area contributed by atoms with Crippen molar-refractivity contribution in [2.75, 3.05) is 6.79 Å². The zero-order chi connectivity index (χ0) is 17.1. The molecule has 0 saturated carbocycles. The lowest BCUT2D eigenvalue weighted by Crippen LogP contribution is -2.22. The van der Waals surface area contributed by atoms with Crippen molar-refractivity contribution in [1.82, 2.24) is 9.38 Å². The summed E-state index contributed by atoms with van der Waals surface area (Å²) in [6.07, 6.45) is 1.87. The van der Waals surface area contributed by atoms with Crippen LogP contribution in [-0.2, 0) is 0 Å². The third-order valence-corrected chi connectivity index (χ3v) is 5.34. The highest BCUT2D eigenvalue weighted by Crippen LogP contribution is 2.32. The van der Waals surface area contributed by atoms with E-state index in [4.69, 9.17) is 9.47 Å². The Hall–Kier alpha value is -2.86. The average Bonchev–Trinajstić information content (AvgIpc) is 3.24. The lowest BCUT2D eigenvalue weighted by Gasteiger charge is -1.98. The lowest BCUT2D eigenvalue weighted by molar-refractivity contribution is 0.174. The maximum atomic E-state index is 12.9. The summed E-state index contributed by atoms with van der Waals surface area (Å²) in [4.78, 5) is 18.3.